The topological polar surface area (TPSA) is 57.5 Å². The molecule has 1 N–H and O–H groups in total. The van der Waals surface area contributed by atoms with Crippen LogP contribution in [0.5, 0.6) is 0 Å². The summed E-state index contributed by atoms with van der Waals surface area (Å²) in [6.07, 6.45) is 6.35. The number of carboxylic acids is 1. The SMILES string of the molecule is O=C([O-])[C@H]1CCC[NH+](CCc2ccncc2)C1. The molecule has 1 fully saturated rings. The van der Waals surface area contributed by atoms with E-state index >= 15 is 0 Å². The molecule has 2 heterocycles. The van der Waals surface area contributed by atoms with E-state index in [0.717, 1.165) is 32.4 Å². The van der Waals surface area contributed by atoms with Crippen LogP contribution in [-0.4, -0.2) is 30.6 Å². The Bertz CT molecular complexity index is 367. The van der Waals surface area contributed by atoms with E-state index in [1.54, 1.807) is 12.4 Å². The fraction of sp³-hybridized carbons (Fsp3) is 0.538. The number of hydrogen-bond donors (Lipinski definition) is 1. The first-order valence-corrected chi connectivity index (χ1v) is 6.19. The summed E-state index contributed by atoms with van der Waals surface area (Å²) in [5.74, 6) is -1.14. The molecular weight excluding hydrogens is 216 g/mol. The fourth-order valence-corrected chi connectivity index (χ4v) is 2.45. The predicted octanol–water partition coefficient (Wildman–Crippen LogP) is -1.33. The Hall–Kier alpha value is -1.42. The van der Waals surface area contributed by atoms with Gasteiger partial charge >= 0.3 is 0 Å². The van der Waals surface area contributed by atoms with Crippen molar-refractivity contribution in [2.75, 3.05) is 19.6 Å². The number of nitrogens with one attached hydrogen (secondary N) is 1. The number of carboxylic acid groups (broad SMARTS) is 1. The molecule has 0 saturated carbocycles. The van der Waals surface area contributed by atoms with Crippen LogP contribution in [0.3, 0.4) is 0 Å². The summed E-state index contributed by atoms with van der Waals surface area (Å²) in [5, 5.41) is 10.8. The summed E-state index contributed by atoms with van der Waals surface area (Å²) in [5.41, 5.74) is 1.27. The Morgan fingerprint density at radius 3 is 2.94 bits per heavy atom. The molecule has 4 nitrogen and oxygen atoms in total. The minimum atomic E-state index is -0.883. The summed E-state index contributed by atoms with van der Waals surface area (Å²) in [6, 6.07) is 4.03. The number of pyridine rings is 1. The lowest BCUT2D eigenvalue weighted by molar-refractivity contribution is -0.907. The van der Waals surface area contributed by atoms with Crippen molar-refractivity contribution in [2.24, 2.45) is 5.92 Å². The molecule has 0 bridgehead atoms. The molecule has 0 spiro atoms. The van der Waals surface area contributed by atoms with Gasteiger partial charge in [0.25, 0.3) is 0 Å². The highest BCUT2D eigenvalue weighted by molar-refractivity contribution is 5.67. The molecule has 0 aromatic carbocycles. The van der Waals surface area contributed by atoms with Gasteiger partial charge in [-0.25, -0.2) is 0 Å². The highest BCUT2D eigenvalue weighted by atomic mass is 16.4. The van der Waals surface area contributed by atoms with E-state index in [-0.39, 0.29) is 5.92 Å². The highest BCUT2D eigenvalue weighted by Gasteiger charge is 2.23. The zero-order valence-electron chi connectivity index (χ0n) is 9.89. The largest absolute Gasteiger partial charge is 0.550 e. The van der Waals surface area contributed by atoms with E-state index in [2.05, 4.69) is 4.98 Å². The molecule has 1 unspecified atom stereocenters. The van der Waals surface area contributed by atoms with Gasteiger partial charge in [-0.2, -0.15) is 0 Å². The van der Waals surface area contributed by atoms with Gasteiger partial charge in [0, 0.05) is 24.7 Å². The molecule has 1 aliphatic heterocycles. The van der Waals surface area contributed by atoms with E-state index in [4.69, 9.17) is 0 Å². The average Bonchev–Trinajstić information content (AvgIpc) is 2.38. The summed E-state index contributed by atoms with van der Waals surface area (Å²) < 4.78 is 0. The van der Waals surface area contributed by atoms with Crippen molar-refractivity contribution >= 4 is 5.97 Å². The Labute approximate surface area is 101 Å². The monoisotopic (exact) mass is 234 g/mol. The van der Waals surface area contributed by atoms with Gasteiger partial charge in [-0.1, -0.05) is 0 Å². The van der Waals surface area contributed by atoms with E-state index in [9.17, 15) is 9.90 Å². The molecule has 17 heavy (non-hydrogen) atoms. The number of nitrogens with zero attached hydrogens (tertiary/aromatic N) is 1. The highest BCUT2D eigenvalue weighted by Crippen LogP contribution is 2.06. The first-order valence-electron chi connectivity index (χ1n) is 6.19. The zero-order valence-corrected chi connectivity index (χ0v) is 9.89. The fourth-order valence-electron chi connectivity index (χ4n) is 2.45. The van der Waals surface area contributed by atoms with Crippen LogP contribution in [0.2, 0.25) is 0 Å². The third-order valence-corrected chi connectivity index (χ3v) is 3.47. The number of rotatable bonds is 4. The number of aromatic nitrogens is 1. The second-order valence-corrected chi connectivity index (χ2v) is 4.72. The Morgan fingerprint density at radius 1 is 1.47 bits per heavy atom. The van der Waals surface area contributed by atoms with Crippen LogP contribution < -0.4 is 10.0 Å². The molecule has 0 amide bonds. The smallest absolute Gasteiger partial charge is 0.0852 e. The molecule has 2 rings (SSSR count). The number of piperidine rings is 1. The Balaban J connectivity index is 1.81. The lowest BCUT2D eigenvalue weighted by Gasteiger charge is -2.30. The summed E-state index contributed by atoms with van der Waals surface area (Å²) in [4.78, 5) is 16.2. The maximum absolute atomic E-state index is 10.8. The molecule has 92 valence electrons. The van der Waals surface area contributed by atoms with Gasteiger partial charge in [0.1, 0.15) is 0 Å². The van der Waals surface area contributed by atoms with Crippen LogP contribution in [0.15, 0.2) is 24.5 Å². The standard InChI is InChI=1S/C13H18N2O2/c16-13(17)12-2-1-8-15(10-12)9-5-11-3-6-14-7-4-11/h3-4,6-7,12H,1-2,5,8-10H2,(H,16,17)/t12-/m0/s1. The maximum Gasteiger partial charge on any atom is 0.0852 e. The minimum absolute atomic E-state index is 0.254. The van der Waals surface area contributed by atoms with Crippen LogP contribution >= 0.6 is 0 Å². The van der Waals surface area contributed by atoms with Gasteiger partial charge in [-0.15, -0.1) is 0 Å². The number of carbonyl (C=O) groups is 1. The van der Waals surface area contributed by atoms with Crippen molar-refractivity contribution in [3.8, 4) is 0 Å². The normalized spacial score (nSPS) is 24.5. The molecule has 0 radical (unpaired) electrons. The van der Waals surface area contributed by atoms with Crippen molar-refractivity contribution in [1.82, 2.24) is 4.98 Å². The number of quaternary nitrogens is 1. The first kappa shape index (κ1) is 12.0. The van der Waals surface area contributed by atoms with Crippen LogP contribution in [0, 0.1) is 5.92 Å². The van der Waals surface area contributed by atoms with Gasteiger partial charge in [0.2, 0.25) is 0 Å². The summed E-state index contributed by atoms with van der Waals surface area (Å²) >= 11 is 0. The van der Waals surface area contributed by atoms with Crippen molar-refractivity contribution in [1.29, 1.82) is 0 Å². The zero-order chi connectivity index (χ0) is 12.1. The molecule has 1 aromatic heterocycles. The predicted molar refractivity (Wildman–Crippen MR) is 61.2 cm³/mol. The molecule has 1 aromatic rings. The average molecular weight is 234 g/mol. The van der Waals surface area contributed by atoms with Gasteiger partial charge < -0.3 is 14.8 Å². The van der Waals surface area contributed by atoms with Crippen LogP contribution in [0.1, 0.15) is 18.4 Å². The summed E-state index contributed by atoms with van der Waals surface area (Å²) in [7, 11) is 0. The molecule has 2 atom stereocenters. The van der Waals surface area contributed by atoms with E-state index in [1.165, 1.54) is 10.5 Å². The number of likely N-dealkylation sites (tertiary alicyclic amines) is 1. The van der Waals surface area contributed by atoms with Crippen LogP contribution in [-0.2, 0) is 11.2 Å². The lowest BCUT2D eigenvalue weighted by atomic mass is 9.98. The van der Waals surface area contributed by atoms with Gasteiger partial charge in [0.05, 0.1) is 25.6 Å². The number of aliphatic carboxylic acids is 1. The first-order chi connectivity index (χ1) is 8.25. The van der Waals surface area contributed by atoms with Crippen LogP contribution in [0.4, 0.5) is 0 Å². The van der Waals surface area contributed by atoms with E-state index in [0.29, 0.717) is 6.54 Å². The van der Waals surface area contributed by atoms with E-state index in [1.807, 2.05) is 12.1 Å². The second kappa shape index (κ2) is 5.77. The third kappa shape index (κ3) is 3.53. The van der Waals surface area contributed by atoms with Crippen molar-refractivity contribution in [3.63, 3.8) is 0 Å². The van der Waals surface area contributed by atoms with Gasteiger partial charge in [0.15, 0.2) is 0 Å². The molecule has 4 heteroatoms. The van der Waals surface area contributed by atoms with Crippen molar-refractivity contribution in [2.45, 2.75) is 19.3 Å². The van der Waals surface area contributed by atoms with E-state index < -0.39 is 5.97 Å². The van der Waals surface area contributed by atoms with Gasteiger partial charge in [-0.05, 0) is 30.5 Å². The Morgan fingerprint density at radius 2 is 2.24 bits per heavy atom. The number of hydrogen-bond acceptors (Lipinski definition) is 3. The van der Waals surface area contributed by atoms with Crippen molar-refractivity contribution < 1.29 is 14.8 Å². The van der Waals surface area contributed by atoms with Gasteiger partial charge in [-0.3, -0.25) is 4.98 Å². The minimum Gasteiger partial charge on any atom is -0.550 e. The molecule has 1 saturated heterocycles. The number of carbonyl (C=O) groups excluding carboxylic acids is 1. The summed E-state index contributed by atoms with van der Waals surface area (Å²) in [6.45, 7) is 2.79. The molecule has 0 aliphatic carbocycles. The molecular formula is C13H18N2O2. The lowest BCUT2D eigenvalue weighted by Crippen LogP contribution is -3.14. The molecule has 1 aliphatic rings. The quantitative estimate of drug-likeness (QED) is 0.702. The maximum atomic E-state index is 10.8. The Kier molecular flexibility index (Phi) is 4.09. The van der Waals surface area contributed by atoms with Crippen LogP contribution in [0.25, 0.3) is 0 Å². The third-order valence-electron chi connectivity index (χ3n) is 3.47. The second-order valence-electron chi connectivity index (χ2n) is 4.72. The van der Waals surface area contributed by atoms with Crippen molar-refractivity contribution in [3.05, 3.63) is 30.1 Å².